The van der Waals surface area contributed by atoms with Crippen LogP contribution in [0.15, 0.2) is 170 Å². The molecule has 0 aliphatic carbocycles. The second-order valence-corrected chi connectivity index (χ2v) is 16.2. The van der Waals surface area contributed by atoms with Gasteiger partial charge in [-0.05, 0) is 136 Å². The van der Waals surface area contributed by atoms with Gasteiger partial charge in [0.25, 0.3) is 0 Å². The number of hydrogen-bond acceptors (Lipinski definition) is 2. The minimum Gasteiger partial charge on any atom is -0.494 e. The van der Waals surface area contributed by atoms with Crippen molar-refractivity contribution in [2.24, 2.45) is 0 Å². The maximum absolute atomic E-state index is 5.92. The van der Waals surface area contributed by atoms with Crippen LogP contribution in [0.4, 0.5) is 0 Å². The van der Waals surface area contributed by atoms with Crippen molar-refractivity contribution < 1.29 is 9.47 Å². The molecule has 2 nitrogen and oxygen atoms in total. The summed E-state index contributed by atoms with van der Waals surface area (Å²) in [7, 11) is 0. The highest BCUT2D eigenvalue weighted by Crippen LogP contribution is 2.31. The number of benzene rings is 7. The molecule has 7 aromatic rings. The summed E-state index contributed by atoms with van der Waals surface area (Å²) in [5.74, 6) is 1.95. The van der Waals surface area contributed by atoms with Crippen molar-refractivity contribution in [3.63, 3.8) is 0 Å². The standard InChI is InChI=1S/C58H62O2/c1-3-5-7-9-42-59-57-38-22-47(23-39-57)16-14-45-18-26-49(27-19-45)51-30-34-53(35-31-51)55-12-11-13-56(44-55)54-36-32-52(33-37-54)50-28-20-46(21-29-50)15-17-48-24-40-58(41-25-48)60-43-10-8-6-4-2/h11-13,18-41,44H,3-10,14-17,42-43H2,1-2H3. The molecule has 0 saturated carbocycles. The van der Waals surface area contributed by atoms with E-state index in [1.54, 1.807) is 0 Å². The normalized spacial score (nSPS) is 11.1. The molecule has 0 atom stereocenters. The SMILES string of the molecule is CCCCCCOc1ccc(CCc2ccc(-c3ccc(-c4cccc(-c5ccc(-c6ccc(CCc7ccc(OCCCCCC)cc7)cc6)cc5)c4)cc3)cc2)cc1. The van der Waals surface area contributed by atoms with Crippen LogP contribution in [0.1, 0.15) is 87.5 Å². The molecular weight excluding hydrogens is 729 g/mol. The molecule has 306 valence electrons. The van der Waals surface area contributed by atoms with E-state index in [1.165, 1.54) is 105 Å². The topological polar surface area (TPSA) is 18.5 Å². The average molecular weight is 791 g/mol. The van der Waals surface area contributed by atoms with Crippen molar-refractivity contribution in [1.82, 2.24) is 0 Å². The fourth-order valence-corrected chi connectivity index (χ4v) is 7.84. The van der Waals surface area contributed by atoms with Gasteiger partial charge in [0.2, 0.25) is 0 Å². The first-order valence-corrected chi connectivity index (χ1v) is 22.6. The van der Waals surface area contributed by atoms with Crippen LogP contribution in [0.25, 0.3) is 44.5 Å². The third-order valence-electron chi connectivity index (χ3n) is 11.7. The minimum atomic E-state index is 0.808. The summed E-state index contributed by atoms with van der Waals surface area (Å²) < 4.78 is 11.8. The Morgan fingerprint density at radius 3 is 0.883 bits per heavy atom. The van der Waals surface area contributed by atoms with E-state index in [9.17, 15) is 0 Å². The molecular formula is C58H62O2. The molecule has 7 rings (SSSR count). The molecule has 0 aromatic heterocycles. The van der Waals surface area contributed by atoms with Gasteiger partial charge >= 0.3 is 0 Å². The van der Waals surface area contributed by atoms with Gasteiger partial charge in [-0.2, -0.15) is 0 Å². The molecule has 7 aromatic carbocycles. The lowest BCUT2D eigenvalue weighted by molar-refractivity contribution is 0.305. The van der Waals surface area contributed by atoms with Crippen LogP contribution in [0, 0.1) is 0 Å². The number of rotatable bonds is 22. The maximum atomic E-state index is 5.92. The first-order valence-electron chi connectivity index (χ1n) is 22.6. The molecule has 0 radical (unpaired) electrons. The van der Waals surface area contributed by atoms with E-state index in [1.807, 2.05) is 0 Å². The summed E-state index contributed by atoms with van der Waals surface area (Å²) in [6, 6.07) is 62.2. The Bertz CT molecular complexity index is 2120. The lowest BCUT2D eigenvalue weighted by Gasteiger charge is -2.10. The number of unbranched alkanes of at least 4 members (excludes halogenated alkanes) is 6. The second kappa shape index (κ2) is 22.5. The Balaban J connectivity index is 0.880. The molecule has 2 heteroatoms. The summed E-state index contributed by atoms with van der Waals surface area (Å²) in [6.07, 6.45) is 13.9. The summed E-state index contributed by atoms with van der Waals surface area (Å²) in [6.45, 7) is 6.09. The first-order chi connectivity index (χ1) is 29.6. The molecule has 0 spiro atoms. The van der Waals surface area contributed by atoms with Gasteiger partial charge in [-0.25, -0.2) is 0 Å². The Labute approximate surface area is 360 Å². The molecule has 0 bridgehead atoms. The van der Waals surface area contributed by atoms with E-state index in [-0.39, 0.29) is 0 Å². The number of ether oxygens (including phenoxy) is 2. The van der Waals surface area contributed by atoms with Crippen molar-refractivity contribution in [3.05, 3.63) is 192 Å². The molecule has 0 aliphatic rings. The van der Waals surface area contributed by atoms with E-state index in [0.29, 0.717) is 0 Å². The van der Waals surface area contributed by atoms with Gasteiger partial charge in [-0.15, -0.1) is 0 Å². The van der Waals surface area contributed by atoms with Gasteiger partial charge in [0.05, 0.1) is 13.2 Å². The minimum absolute atomic E-state index is 0.808. The van der Waals surface area contributed by atoms with Crippen molar-refractivity contribution in [2.75, 3.05) is 13.2 Å². The largest absolute Gasteiger partial charge is 0.494 e. The van der Waals surface area contributed by atoms with Gasteiger partial charge in [-0.3, -0.25) is 0 Å². The molecule has 0 amide bonds. The lowest BCUT2D eigenvalue weighted by atomic mass is 9.95. The maximum Gasteiger partial charge on any atom is 0.119 e. The second-order valence-electron chi connectivity index (χ2n) is 16.2. The highest BCUT2D eigenvalue weighted by molar-refractivity contribution is 5.76. The predicted molar refractivity (Wildman–Crippen MR) is 255 cm³/mol. The molecule has 0 fully saturated rings. The lowest BCUT2D eigenvalue weighted by Crippen LogP contribution is -1.97. The van der Waals surface area contributed by atoms with Crippen molar-refractivity contribution >= 4 is 0 Å². The van der Waals surface area contributed by atoms with Crippen LogP contribution in [0.3, 0.4) is 0 Å². The van der Waals surface area contributed by atoms with Crippen LogP contribution < -0.4 is 9.47 Å². The summed E-state index contributed by atoms with van der Waals surface area (Å²) in [5.41, 5.74) is 15.3. The summed E-state index contributed by atoms with van der Waals surface area (Å²) in [5, 5.41) is 0. The third kappa shape index (κ3) is 12.6. The highest BCUT2D eigenvalue weighted by Gasteiger charge is 2.07. The summed E-state index contributed by atoms with van der Waals surface area (Å²) >= 11 is 0. The monoisotopic (exact) mass is 790 g/mol. The van der Waals surface area contributed by atoms with Gasteiger partial charge in [0.1, 0.15) is 11.5 Å². The van der Waals surface area contributed by atoms with Gasteiger partial charge in [0, 0.05) is 0 Å². The van der Waals surface area contributed by atoms with Crippen LogP contribution in [-0.2, 0) is 25.7 Å². The zero-order valence-electron chi connectivity index (χ0n) is 35.9. The molecule has 0 N–H and O–H groups in total. The number of aryl methyl sites for hydroxylation is 4. The zero-order chi connectivity index (χ0) is 41.2. The first kappa shape index (κ1) is 42.3. The van der Waals surface area contributed by atoms with Crippen molar-refractivity contribution in [2.45, 2.75) is 90.9 Å². The van der Waals surface area contributed by atoms with Gasteiger partial charge in [0.15, 0.2) is 0 Å². The van der Waals surface area contributed by atoms with E-state index < -0.39 is 0 Å². The quantitative estimate of drug-likeness (QED) is 0.0637. The number of hydrogen-bond donors (Lipinski definition) is 0. The van der Waals surface area contributed by atoms with Crippen molar-refractivity contribution in [1.29, 1.82) is 0 Å². The smallest absolute Gasteiger partial charge is 0.119 e. The van der Waals surface area contributed by atoms with Crippen LogP contribution in [0.5, 0.6) is 11.5 Å². The Morgan fingerprint density at radius 1 is 0.283 bits per heavy atom. The molecule has 0 heterocycles. The molecule has 0 unspecified atom stereocenters. The Kier molecular flexibility index (Phi) is 15.8. The molecule has 60 heavy (non-hydrogen) atoms. The Morgan fingerprint density at radius 2 is 0.567 bits per heavy atom. The van der Waals surface area contributed by atoms with E-state index in [2.05, 4.69) is 184 Å². The van der Waals surface area contributed by atoms with Crippen LogP contribution in [0.2, 0.25) is 0 Å². The van der Waals surface area contributed by atoms with Crippen LogP contribution in [-0.4, -0.2) is 13.2 Å². The third-order valence-corrected chi connectivity index (χ3v) is 11.7. The Hall–Kier alpha value is -5.86. The van der Waals surface area contributed by atoms with Gasteiger partial charge in [-0.1, -0.05) is 192 Å². The fourth-order valence-electron chi connectivity index (χ4n) is 7.84. The van der Waals surface area contributed by atoms with Crippen molar-refractivity contribution in [3.8, 4) is 56.0 Å². The average Bonchev–Trinajstić information content (AvgIpc) is 3.31. The van der Waals surface area contributed by atoms with E-state index in [0.717, 1.165) is 63.2 Å². The zero-order valence-corrected chi connectivity index (χ0v) is 35.9. The van der Waals surface area contributed by atoms with Gasteiger partial charge < -0.3 is 9.47 Å². The van der Waals surface area contributed by atoms with E-state index in [4.69, 9.17) is 9.47 Å². The highest BCUT2D eigenvalue weighted by atomic mass is 16.5. The molecule has 0 aliphatic heterocycles. The molecule has 0 saturated heterocycles. The summed E-state index contributed by atoms with van der Waals surface area (Å²) in [4.78, 5) is 0. The fraction of sp³-hybridized carbons (Fsp3) is 0.276. The van der Waals surface area contributed by atoms with E-state index >= 15 is 0 Å². The van der Waals surface area contributed by atoms with Crippen LogP contribution >= 0.6 is 0 Å². The predicted octanol–water partition coefficient (Wildman–Crippen LogP) is 15.8.